The lowest BCUT2D eigenvalue weighted by Crippen LogP contribution is -2.43. The molecule has 25 heavy (non-hydrogen) atoms. The van der Waals surface area contributed by atoms with Crippen molar-refractivity contribution in [2.45, 2.75) is 44.3 Å². The number of hydrogen-bond donors (Lipinski definition) is 2. The Labute approximate surface area is 153 Å². The minimum atomic E-state index is 0.192. The van der Waals surface area contributed by atoms with Gasteiger partial charge in [0.25, 0.3) is 0 Å². The predicted molar refractivity (Wildman–Crippen MR) is 104 cm³/mol. The Kier molecular flexibility index (Phi) is 4.64. The zero-order valence-corrected chi connectivity index (χ0v) is 14.9. The fraction of sp³-hybridized carbons (Fsp3) is 0.350. The molecule has 2 atom stereocenters. The summed E-state index contributed by atoms with van der Waals surface area (Å²) >= 11 is 6.02. The second-order valence-electron chi connectivity index (χ2n) is 6.84. The van der Waals surface area contributed by atoms with Crippen LogP contribution in [0.3, 0.4) is 0 Å². The molecule has 130 valence electrons. The van der Waals surface area contributed by atoms with Crippen LogP contribution in [0.4, 0.5) is 5.95 Å². The molecule has 1 fully saturated rings. The Bertz CT molecular complexity index is 856. The predicted octanol–water partition coefficient (Wildman–Crippen LogP) is 4.42. The lowest BCUT2D eigenvalue weighted by Gasteiger charge is -2.29. The summed E-state index contributed by atoms with van der Waals surface area (Å²) in [5.74, 6) is 0.901. The average molecular weight is 355 g/mol. The van der Waals surface area contributed by atoms with Gasteiger partial charge in [-0.2, -0.15) is 0 Å². The number of hydrogen-bond acceptors (Lipinski definition) is 3. The molecule has 1 aliphatic rings. The average Bonchev–Trinajstić information content (AvgIpc) is 2.96. The molecule has 4 rings (SSSR count). The van der Waals surface area contributed by atoms with Gasteiger partial charge < -0.3 is 15.6 Å². The smallest absolute Gasteiger partial charge is 0.204 e. The fourth-order valence-corrected chi connectivity index (χ4v) is 3.75. The summed E-state index contributed by atoms with van der Waals surface area (Å²) in [4.78, 5) is 4.83. The summed E-state index contributed by atoms with van der Waals surface area (Å²) in [6.07, 6.45) is 4.63. The van der Waals surface area contributed by atoms with Crippen molar-refractivity contribution in [2.24, 2.45) is 5.73 Å². The first-order valence-electron chi connectivity index (χ1n) is 8.92. The first-order chi connectivity index (χ1) is 12.2. The van der Waals surface area contributed by atoms with E-state index in [4.69, 9.17) is 22.3 Å². The number of halogens is 1. The van der Waals surface area contributed by atoms with E-state index in [2.05, 4.69) is 40.2 Å². The molecule has 0 radical (unpaired) electrons. The lowest BCUT2D eigenvalue weighted by atomic mass is 9.91. The van der Waals surface area contributed by atoms with E-state index in [1.165, 1.54) is 18.4 Å². The molecule has 0 bridgehead atoms. The topological polar surface area (TPSA) is 55.9 Å². The van der Waals surface area contributed by atoms with Crippen molar-refractivity contribution in [1.82, 2.24) is 9.55 Å². The highest BCUT2D eigenvalue weighted by atomic mass is 35.5. The van der Waals surface area contributed by atoms with Crippen LogP contribution in [-0.4, -0.2) is 21.6 Å². The number of imidazole rings is 1. The van der Waals surface area contributed by atoms with Crippen LogP contribution < -0.4 is 11.1 Å². The summed E-state index contributed by atoms with van der Waals surface area (Å²) in [6.45, 7) is 0.752. The molecule has 1 aromatic heterocycles. The summed E-state index contributed by atoms with van der Waals surface area (Å²) < 4.78 is 2.24. The molecule has 1 aliphatic carbocycles. The minimum absolute atomic E-state index is 0.192. The van der Waals surface area contributed by atoms with Crippen LogP contribution in [-0.2, 0) is 6.54 Å². The van der Waals surface area contributed by atoms with Crippen LogP contribution in [0.15, 0.2) is 48.5 Å². The SMILES string of the molecule is NC1CCCCC1Nc1nc2ccccc2n1Cc1ccc(Cl)cc1. The summed E-state index contributed by atoms with van der Waals surface area (Å²) in [7, 11) is 0. The van der Waals surface area contributed by atoms with E-state index < -0.39 is 0 Å². The van der Waals surface area contributed by atoms with Gasteiger partial charge in [0.1, 0.15) is 0 Å². The van der Waals surface area contributed by atoms with Gasteiger partial charge in [-0.05, 0) is 42.7 Å². The maximum Gasteiger partial charge on any atom is 0.204 e. The Morgan fingerprint density at radius 1 is 1.08 bits per heavy atom. The first-order valence-corrected chi connectivity index (χ1v) is 9.30. The minimum Gasteiger partial charge on any atom is -0.351 e. The van der Waals surface area contributed by atoms with E-state index >= 15 is 0 Å². The third kappa shape index (κ3) is 3.51. The molecular weight excluding hydrogens is 332 g/mol. The van der Waals surface area contributed by atoms with Crippen molar-refractivity contribution < 1.29 is 0 Å². The number of para-hydroxylation sites is 2. The molecule has 0 amide bonds. The van der Waals surface area contributed by atoms with Crippen LogP contribution in [0, 0.1) is 0 Å². The van der Waals surface area contributed by atoms with E-state index in [1.807, 2.05) is 18.2 Å². The van der Waals surface area contributed by atoms with Gasteiger partial charge in [0.2, 0.25) is 5.95 Å². The lowest BCUT2D eigenvalue weighted by molar-refractivity contribution is 0.401. The van der Waals surface area contributed by atoms with Crippen molar-refractivity contribution in [3.8, 4) is 0 Å². The van der Waals surface area contributed by atoms with Crippen LogP contribution in [0.5, 0.6) is 0 Å². The number of nitrogens with two attached hydrogens (primary N) is 1. The molecule has 3 N–H and O–H groups in total. The van der Waals surface area contributed by atoms with Gasteiger partial charge >= 0.3 is 0 Å². The Morgan fingerprint density at radius 3 is 2.64 bits per heavy atom. The van der Waals surface area contributed by atoms with Crippen LogP contribution in [0.2, 0.25) is 5.02 Å². The van der Waals surface area contributed by atoms with Gasteiger partial charge in [-0.25, -0.2) is 4.98 Å². The van der Waals surface area contributed by atoms with Crippen molar-refractivity contribution >= 4 is 28.6 Å². The molecule has 5 heteroatoms. The largest absolute Gasteiger partial charge is 0.351 e. The third-order valence-corrected chi connectivity index (χ3v) is 5.29. The summed E-state index contributed by atoms with van der Waals surface area (Å²) in [5.41, 5.74) is 9.66. The second-order valence-corrected chi connectivity index (χ2v) is 7.27. The first kappa shape index (κ1) is 16.4. The standard InChI is InChI=1S/C20H23ClN4/c21-15-11-9-14(10-12-15)13-25-19-8-4-3-7-18(19)24-20(25)23-17-6-2-1-5-16(17)22/h3-4,7-12,16-17H,1-2,5-6,13,22H2,(H,23,24). The van der Waals surface area contributed by atoms with E-state index in [1.54, 1.807) is 0 Å². The van der Waals surface area contributed by atoms with Crippen molar-refractivity contribution in [3.63, 3.8) is 0 Å². The molecule has 0 aliphatic heterocycles. The number of benzene rings is 2. The molecule has 3 aromatic rings. The number of nitrogens with one attached hydrogen (secondary N) is 1. The van der Waals surface area contributed by atoms with Gasteiger partial charge in [0, 0.05) is 17.1 Å². The molecule has 2 aromatic carbocycles. The van der Waals surface area contributed by atoms with Crippen LogP contribution in [0.25, 0.3) is 11.0 Å². The number of anilines is 1. The Morgan fingerprint density at radius 2 is 1.84 bits per heavy atom. The highest BCUT2D eigenvalue weighted by Crippen LogP contribution is 2.25. The third-order valence-electron chi connectivity index (χ3n) is 5.04. The monoisotopic (exact) mass is 354 g/mol. The maximum atomic E-state index is 6.33. The van der Waals surface area contributed by atoms with Gasteiger partial charge in [-0.3, -0.25) is 0 Å². The van der Waals surface area contributed by atoms with Crippen molar-refractivity contribution in [3.05, 3.63) is 59.1 Å². The van der Waals surface area contributed by atoms with E-state index in [-0.39, 0.29) is 12.1 Å². The van der Waals surface area contributed by atoms with Gasteiger partial charge in [-0.15, -0.1) is 0 Å². The van der Waals surface area contributed by atoms with Gasteiger partial charge in [0.15, 0.2) is 0 Å². The number of rotatable bonds is 4. The number of aromatic nitrogens is 2. The van der Waals surface area contributed by atoms with Gasteiger partial charge in [0.05, 0.1) is 17.6 Å². The molecule has 0 saturated heterocycles. The van der Waals surface area contributed by atoms with Crippen LogP contribution in [0.1, 0.15) is 31.2 Å². The van der Waals surface area contributed by atoms with E-state index in [0.29, 0.717) is 0 Å². The van der Waals surface area contributed by atoms with E-state index in [0.717, 1.165) is 41.4 Å². The normalized spacial score (nSPS) is 20.7. The molecule has 1 saturated carbocycles. The van der Waals surface area contributed by atoms with Gasteiger partial charge in [-0.1, -0.05) is 48.7 Å². The Hall–Kier alpha value is -2.04. The fourth-order valence-electron chi connectivity index (χ4n) is 3.62. The maximum absolute atomic E-state index is 6.33. The zero-order valence-electron chi connectivity index (χ0n) is 14.2. The molecular formula is C20H23ClN4. The van der Waals surface area contributed by atoms with Crippen molar-refractivity contribution in [1.29, 1.82) is 0 Å². The van der Waals surface area contributed by atoms with Crippen LogP contribution >= 0.6 is 11.6 Å². The Balaban J connectivity index is 1.68. The molecule has 4 nitrogen and oxygen atoms in total. The number of nitrogens with zero attached hydrogens (tertiary/aromatic N) is 2. The zero-order chi connectivity index (χ0) is 17.2. The molecule has 0 spiro atoms. The second kappa shape index (κ2) is 7.06. The number of fused-ring (bicyclic) bond motifs is 1. The highest BCUT2D eigenvalue weighted by molar-refractivity contribution is 6.30. The quantitative estimate of drug-likeness (QED) is 0.729. The van der Waals surface area contributed by atoms with Crippen molar-refractivity contribution in [2.75, 3.05) is 5.32 Å². The summed E-state index contributed by atoms with van der Waals surface area (Å²) in [6, 6.07) is 16.7. The van der Waals surface area contributed by atoms with E-state index in [9.17, 15) is 0 Å². The highest BCUT2D eigenvalue weighted by Gasteiger charge is 2.23. The molecule has 2 unspecified atom stereocenters. The summed E-state index contributed by atoms with van der Waals surface area (Å²) in [5, 5.41) is 4.38. The molecule has 1 heterocycles.